The number of nitrogens with zero attached hydrogens (tertiary/aromatic N) is 2. The lowest BCUT2D eigenvalue weighted by molar-refractivity contribution is 0.0953. The van der Waals surface area contributed by atoms with Gasteiger partial charge in [-0.3, -0.25) is 9.78 Å². The van der Waals surface area contributed by atoms with Crippen molar-refractivity contribution in [2.45, 2.75) is 13.3 Å². The van der Waals surface area contributed by atoms with Gasteiger partial charge in [-0.05, 0) is 30.7 Å². The van der Waals surface area contributed by atoms with Crippen LogP contribution < -0.4 is 10.6 Å². The maximum Gasteiger partial charge on any atom is 0.251 e. The smallest absolute Gasteiger partial charge is 0.251 e. The third-order valence-corrected chi connectivity index (χ3v) is 2.49. The molecule has 0 bridgehead atoms. The van der Waals surface area contributed by atoms with E-state index in [0.717, 1.165) is 12.1 Å². The summed E-state index contributed by atoms with van der Waals surface area (Å²) in [6, 6.07) is 7.13. The summed E-state index contributed by atoms with van der Waals surface area (Å²) in [5.74, 6) is 0.538. The molecule has 2 N–H and O–H groups in total. The predicted molar refractivity (Wildman–Crippen MR) is 74.4 cm³/mol. The number of nitrogens with one attached hydrogen (secondary N) is 2. The van der Waals surface area contributed by atoms with Crippen LogP contribution in [0.15, 0.2) is 42.9 Å². The van der Waals surface area contributed by atoms with E-state index >= 15 is 0 Å². The molecule has 19 heavy (non-hydrogen) atoms. The third-order valence-electron chi connectivity index (χ3n) is 2.49. The summed E-state index contributed by atoms with van der Waals surface area (Å²) < 4.78 is 0. The fourth-order valence-corrected chi connectivity index (χ4v) is 1.57. The van der Waals surface area contributed by atoms with Gasteiger partial charge in [0.25, 0.3) is 5.91 Å². The van der Waals surface area contributed by atoms with Crippen LogP contribution in [0.3, 0.4) is 0 Å². The first-order chi connectivity index (χ1) is 9.29. The van der Waals surface area contributed by atoms with Crippen molar-refractivity contribution in [2.24, 2.45) is 0 Å². The van der Waals surface area contributed by atoms with Gasteiger partial charge in [0.1, 0.15) is 5.82 Å². The van der Waals surface area contributed by atoms with Crippen molar-refractivity contribution >= 4 is 17.4 Å². The summed E-state index contributed by atoms with van der Waals surface area (Å²) in [5, 5.41) is 5.93. The van der Waals surface area contributed by atoms with Crippen LogP contribution in [0.25, 0.3) is 0 Å². The van der Waals surface area contributed by atoms with Gasteiger partial charge in [-0.25, -0.2) is 4.98 Å². The lowest BCUT2D eigenvalue weighted by Gasteiger charge is -2.07. The second-order valence-electron chi connectivity index (χ2n) is 4.05. The highest BCUT2D eigenvalue weighted by atomic mass is 16.1. The number of hydrogen-bond acceptors (Lipinski definition) is 4. The molecule has 5 nitrogen and oxygen atoms in total. The fourth-order valence-electron chi connectivity index (χ4n) is 1.57. The number of rotatable bonds is 5. The van der Waals surface area contributed by atoms with Gasteiger partial charge in [-0.1, -0.05) is 6.92 Å². The molecular weight excluding hydrogens is 240 g/mol. The lowest BCUT2D eigenvalue weighted by atomic mass is 10.2. The molecule has 0 aromatic carbocycles. The van der Waals surface area contributed by atoms with Gasteiger partial charge in [0.15, 0.2) is 0 Å². The average molecular weight is 256 g/mol. The third kappa shape index (κ3) is 3.77. The van der Waals surface area contributed by atoms with E-state index in [1.165, 1.54) is 0 Å². The number of anilines is 2. The van der Waals surface area contributed by atoms with Crippen molar-refractivity contribution in [3.63, 3.8) is 0 Å². The van der Waals surface area contributed by atoms with Crippen LogP contribution in [0.2, 0.25) is 0 Å². The summed E-state index contributed by atoms with van der Waals surface area (Å²) in [7, 11) is 0. The van der Waals surface area contributed by atoms with Crippen molar-refractivity contribution in [2.75, 3.05) is 11.9 Å². The Morgan fingerprint density at radius 3 is 2.95 bits per heavy atom. The normalized spacial score (nSPS) is 9.95. The predicted octanol–water partition coefficient (Wildman–Crippen LogP) is 2.36. The largest absolute Gasteiger partial charge is 0.352 e. The zero-order chi connectivity index (χ0) is 13.5. The zero-order valence-electron chi connectivity index (χ0n) is 10.8. The molecule has 0 spiro atoms. The maximum absolute atomic E-state index is 11.8. The molecule has 0 saturated carbocycles. The molecule has 0 saturated heterocycles. The Balaban J connectivity index is 2.09. The summed E-state index contributed by atoms with van der Waals surface area (Å²) in [6.45, 7) is 2.69. The van der Waals surface area contributed by atoms with Crippen molar-refractivity contribution < 1.29 is 4.79 Å². The van der Waals surface area contributed by atoms with Gasteiger partial charge in [-0.15, -0.1) is 0 Å². The van der Waals surface area contributed by atoms with E-state index in [9.17, 15) is 4.79 Å². The Bertz CT molecular complexity index is 542. The highest BCUT2D eigenvalue weighted by Gasteiger charge is 2.06. The molecule has 0 atom stereocenters. The zero-order valence-corrected chi connectivity index (χ0v) is 10.8. The lowest BCUT2D eigenvalue weighted by Crippen LogP contribution is -2.24. The molecule has 98 valence electrons. The fraction of sp³-hybridized carbons (Fsp3) is 0.214. The molecule has 2 aromatic heterocycles. The van der Waals surface area contributed by atoms with Gasteiger partial charge in [0.2, 0.25) is 0 Å². The van der Waals surface area contributed by atoms with Crippen molar-refractivity contribution in [1.82, 2.24) is 15.3 Å². The second kappa shape index (κ2) is 6.49. The summed E-state index contributed by atoms with van der Waals surface area (Å²) in [5.41, 5.74) is 1.43. The highest BCUT2D eigenvalue weighted by Crippen LogP contribution is 2.13. The number of carbonyl (C=O) groups excluding carboxylic acids is 1. The van der Waals surface area contributed by atoms with E-state index < -0.39 is 0 Å². The standard InChI is InChI=1S/C14H16N4O/c1-2-6-17-14(19)11-5-8-16-13(9-11)18-12-4-3-7-15-10-12/h3-5,7-10H,2,6H2,1H3,(H,16,18)(H,17,19). The SMILES string of the molecule is CCCNC(=O)c1ccnc(Nc2cccnc2)c1. The Labute approximate surface area is 112 Å². The van der Waals surface area contributed by atoms with Crippen LogP contribution in [0.5, 0.6) is 0 Å². The minimum absolute atomic E-state index is 0.0847. The van der Waals surface area contributed by atoms with E-state index in [1.807, 2.05) is 19.1 Å². The minimum atomic E-state index is -0.0847. The molecule has 0 unspecified atom stereocenters. The van der Waals surface area contributed by atoms with Crippen LogP contribution in [0.1, 0.15) is 23.7 Å². The van der Waals surface area contributed by atoms with Gasteiger partial charge in [0.05, 0.1) is 11.9 Å². The van der Waals surface area contributed by atoms with Crippen molar-refractivity contribution in [3.05, 3.63) is 48.4 Å². The first kappa shape index (κ1) is 13.0. The number of pyridine rings is 2. The second-order valence-corrected chi connectivity index (χ2v) is 4.05. The molecule has 2 heterocycles. The first-order valence-electron chi connectivity index (χ1n) is 6.21. The van der Waals surface area contributed by atoms with Crippen LogP contribution in [-0.2, 0) is 0 Å². The molecule has 2 rings (SSSR count). The van der Waals surface area contributed by atoms with Crippen molar-refractivity contribution in [1.29, 1.82) is 0 Å². The average Bonchev–Trinajstić information content (AvgIpc) is 2.46. The number of hydrogen-bond donors (Lipinski definition) is 2. The molecule has 1 amide bonds. The maximum atomic E-state index is 11.8. The van der Waals surface area contributed by atoms with Gasteiger partial charge >= 0.3 is 0 Å². The molecule has 0 fully saturated rings. The van der Waals surface area contributed by atoms with Crippen LogP contribution in [0, 0.1) is 0 Å². The van der Waals surface area contributed by atoms with Crippen LogP contribution in [-0.4, -0.2) is 22.4 Å². The number of carbonyl (C=O) groups is 1. The quantitative estimate of drug-likeness (QED) is 0.861. The van der Waals surface area contributed by atoms with Gasteiger partial charge in [0, 0.05) is 24.5 Å². The Hall–Kier alpha value is -2.43. The Morgan fingerprint density at radius 1 is 1.32 bits per heavy atom. The van der Waals surface area contributed by atoms with Gasteiger partial charge < -0.3 is 10.6 Å². The summed E-state index contributed by atoms with van der Waals surface area (Å²) >= 11 is 0. The molecule has 2 aromatic rings. The number of aromatic nitrogens is 2. The van der Waals surface area contributed by atoms with Gasteiger partial charge in [-0.2, -0.15) is 0 Å². The molecule has 0 aliphatic carbocycles. The van der Waals surface area contributed by atoms with Crippen LogP contribution >= 0.6 is 0 Å². The molecule has 0 aliphatic heterocycles. The molecular formula is C14H16N4O. The molecule has 5 heteroatoms. The van der Waals surface area contributed by atoms with E-state index in [-0.39, 0.29) is 5.91 Å². The van der Waals surface area contributed by atoms with E-state index in [1.54, 1.807) is 30.7 Å². The van der Waals surface area contributed by atoms with Crippen LogP contribution in [0.4, 0.5) is 11.5 Å². The monoisotopic (exact) mass is 256 g/mol. The topological polar surface area (TPSA) is 66.9 Å². The number of amides is 1. The van der Waals surface area contributed by atoms with E-state index in [2.05, 4.69) is 20.6 Å². The Morgan fingerprint density at radius 2 is 2.21 bits per heavy atom. The minimum Gasteiger partial charge on any atom is -0.352 e. The molecule has 0 radical (unpaired) electrons. The summed E-state index contributed by atoms with van der Waals surface area (Å²) in [4.78, 5) is 20.0. The molecule has 0 aliphatic rings. The summed E-state index contributed by atoms with van der Waals surface area (Å²) in [6.07, 6.45) is 5.93. The van der Waals surface area contributed by atoms with E-state index in [4.69, 9.17) is 0 Å². The van der Waals surface area contributed by atoms with E-state index in [0.29, 0.717) is 17.9 Å². The first-order valence-corrected chi connectivity index (χ1v) is 6.21. The Kier molecular flexibility index (Phi) is 4.44. The van der Waals surface area contributed by atoms with Crippen molar-refractivity contribution in [3.8, 4) is 0 Å². The highest BCUT2D eigenvalue weighted by molar-refractivity contribution is 5.94.